The van der Waals surface area contributed by atoms with Crippen LogP contribution in [0.25, 0.3) is 0 Å². The largest absolute Gasteiger partial charge is 0.356 e. The monoisotopic (exact) mass is 511 g/mol. The molecule has 0 aromatic carbocycles. The number of hydrogen-bond donors (Lipinski definition) is 8. The smallest absolute Gasteiger partial charge is 0.220 e. The van der Waals surface area contributed by atoms with Crippen LogP contribution in [0.4, 0.5) is 0 Å². The van der Waals surface area contributed by atoms with E-state index in [2.05, 4.69) is 71.8 Å². The SMILES string of the molecule is CC12CNCCNCC(NC(=O)CCCC(=O)NCCCN=C=S)(CNCCNC1)CNCNC2. The van der Waals surface area contributed by atoms with E-state index in [1.54, 1.807) is 0 Å². The maximum Gasteiger partial charge on any atom is 0.220 e. The fourth-order valence-corrected chi connectivity index (χ4v) is 4.43. The van der Waals surface area contributed by atoms with Gasteiger partial charge in [0, 0.05) is 96.9 Å². The number of fused-ring (bicyclic) bond motifs is 6. The van der Waals surface area contributed by atoms with Gasteiger partial charge in [0.1, 0.15) is 0 Å². The van der Waals surface area contributed by atoms with Gasteiger partial charge >= 0.3 is 0 Å². The van der Waals surface area contributed by atoms with Gasteiger partial charge in [-0.3, -0.25) is 9.59 Å². The summed E-state index contributed by atoms with van der Waals surface area (Å²) >= 11 is 4.52. The van der Waals surface area contributed by atoms with Crippen LogP contribution in [-0.2, 0) is 9.59 Å². The van der Waals surface area contributed by atoms with Crippen LogP contribution in [0.15, 0.2) is 4.99 Å². The zero-order chi connectivity index (χ0) is 25.2. The molecule has 2 aliphatic rings. The van der Waals surface area contributed by atoms with Crippen LogP contribution in [0.1, 0.15) is 32.6 Å². The first-order chi connectivity index (χ1) is 17.0. The van der Waals surface area contributed by atoms with Crippen molar-refractivity contribution in [3.05, 3.63) is 0 Å². The van der Waals surface area contributed by atoms with Crippen LogP contribution in [-0.4, -0.2) is 108 Å². The Balaban J connectivity index is 1.90. The molecule has 0 unspecified atom stereocenters. The standard InChI is InChI=1S/C23H45N9O2S/c1-22-12-24-8-10-26-15-23(17-30-18-29-14-22,16-27-11-9-25-13-22)32-21(34)5-2-4-20(33)31-7-3-6-28-19-35/h24-27,29-30H,2-18H2,1H3,(H,31,33)(H,32,34). The van der Waals surface area contributed by atoms with Crippen molar-refractivity contribution in [3.63, 3.8) is 0 Å². The number of hydrogen-bond acceptors (Lipinski definition) is 10. The Morgan fingerprint density at radius 2 is 1.37 bits per heavy atom. The predicted octanol–water partition coefficient (Wildman–Crippen LogP) is -1.85. The second-order valence-corrected chi connectivity index (χ2v) is 10.1. The molecule has 8 N–H and O–H groups in total. The van der Waals surface area contributed by atoms with Crippen LogP contribution in [0.2, 0.25) is 0 Å². The predicted molar refractivity (Wildman–Crippen MR) is 143 cm³/mol. The molecule has 0 aromatic heterocycles. The van der Waals surface area contributed by atoms with E-state index >= 15 is 0 Å². The first kappa shape index (κ1) is 29.7. The van der Waals surface area contributed by atoms with Crippen LogP contribution < -0.4 is 42.5 Å². The molecule has 0 radical (unpaired) electrons. The normalized spacial score (nSPS) is 26.8. The minimum atomic E-state index is -0.478. The van der Waals surface area contributed by atoms with Crippen molar-refractivity contribution in [1.82, 2.24) is 42.5 Å². The third-order valence-corrected chi connectivity index (χ3v) is 6.43. The molecule has 2 heterocycles. The highest BCUT2D eigenvalue weighted by atomic mass is 32.1. The maximum atomic E-state index is 12.9. The molecule has 2 bridgehead atoms. The molecule has 35 heavy (non-hydrogen) atoms. The number of isothiocyanates is 1. The molecule has 2 saturated heterocycles. The van der Waals surface area contributed by atoms with E-state index in [9.17, 15) is 9.59 Å². The van der Waals surface area contributed by atoms with Crippen molar-refractivity contribution < 1.29 is 9.59 Å². The third-order valence-electron chi connectivity index (χ3n) is 6.30. The van der Waals surface area contributed by atoms with E-state index in [-0.39, 0.29) is 17.2 Å². The fourth-order valence-electron chi connectivity index (χ4n) is 4.34. The number of rotatable bonds is 9. The van der Waals surface area contributed by atoms with E-state index in [0.29, 0.717) is 58.7 Å². The quantitative estimate of drug-likeness (QED) is 0.102. The van der Waals surface area contributed by atoms with Gasteiger partial charge in [-0.15, -0.1) is 0 Å². The van der Waals surface area contributed by atoms with Gasteiger partial charge in [-0.1, -0.05) is 6.92 Å². The van der Waals surface area contributed by atoms with E-state index in [1.807, 2.05) is 0 Å². The lowest BCUT2D eigenvalue weighted by molar-refractivity contribution is -0.123. The number of aliphatic imine (C=N–C) groups is 1. The highest BCUT2D eigenvalue weighted by Gasteiger charge is 2.32. The zero-order valence-electron chi connectivity index (χ0n) is 21.2. The Labute approximate surface area is 215 Å². The number of nitrogens with one attached hydrogen (secondary N) is 8. The van der Waals surface area contributed by atoms with Gasteiger partial charge in [-0.2, -0.15) is 0 Å². The third kappa shape index (κ3) is 12.9. The van der Waals surface area contributed by atoms with Crippen LogP contribution in [0, 0.1) is 5.41 Å². The Morgan fingerprint density at radius 3 is 2.03 bits per heavy atom. The summed E-state index contributed by atoms with van der Waals surface area (Å²) in [6.07, 6.45) is 1.87. The first-order valence-corrected chi connectivity index (χ1v) is 13.2. The molecular weight excluding hydrogens is 466 g/mol. The lowest BCUT2D eigenvalue weighted by Crippen LogP contribution is -2.65. The molecule has 2 rings (SSSR count). The minimum absolute atomic E-state index is 0.0380. The molecule has 2 amide bonds. The number of thiocarbonyl (C=S) groups is 1. The summed E-state index contributed by atoms with van der Waals surface area (Å²) in [5.74, 6) is -0.0848. The highest BCUT2D eigenvalue weighted by molar-refractivity contribution is 7.78. The second-order valence-electron chi connectivity index (χ2n) is 9.91. The maximum absolute atomic E-state index is 12.9. The van der Waals surface area contributed by atoms with E-state index in [1.165, 1.54) is 0 Å². The Hall–Kier alpha value is -1.50. The number of carbonyl (C=O) groups excluding carboxylic acids is 2. The van der Waals surface area contributed by atoms with Crippen LogP contribution >= 0.6 is 12.2 Å². The lowest BCUT2D eigenvalue weighted by Gasteiger charge is -2.36. The fraction of sp³-hybridized carbons (Fsp3) is 0.870. The second kappa shape index (κ2) is 17.0. The van der Waals surface area contributed by atoms with E-state index in [4.69, 9.17) is 0 Å². The van der Waals surface area contributed by atoms with E-state index < -0.39 is 5.54 Å². The van der Waals surface area contributed by atoms with Crippen LogP contribution in [0.3, 0.4) is 0 Å². The molecule has 0 saturated carbocycles. The molecule has 0 aromatic rings. The topological polar surface area (TPSA) is 143 Å². The molecule has 11 nitrogen and oxygen atoms in total. The van der Waals surface area contributed by atoms with Gasteiger partial charge in [0.05, 0.1) is 17.2 Å². The zero-order valence-corrected chi connectivity index (χ0v) is 22.0. The molecule has 0 spiro atoms. The number of nitrogens with zero attached hydrogens (tertiary/aromatic N) is 1. The molecule has 0 aliphatic carbocycles. The van der Waals surface area contributed by atoms with Crippen molar-refractivity contribution >= 4 is 29.2 Å². The van der Waals surface area contributed by atoms with Crippen molar-refractivity contribution in [3.8, 4) is 0 Å². The van der Waals surface area contributed by atoms with Gasteiger partial charge < -0.3 is 42.5 Å². The lowest BCUT2D eigenvalue weighted by atomic mass is 9.90. The molecule has 200 valence electrons. The van der Waals surface area contributed by atoms with Crippen molar-refractivity contribution in [1.29, 1.82) is 0 Å². The van der Waals surface area contributed by atoms with Gasteiger partial charge in [0.25, 0.3) is 0 Å². The van der Waals surface area contributed by atoms with Gasteiger partial charge in [-0.05, 0) is 25.1 Å². The summed E-state index contributed by atoms with van der Waals surface area (Å²) in [4.78, 5) is 28.8. The summed E-state index contributed by atoms with van der Waals surface area (Å²) in [7, 11) is 0. The minimum Gasteiger partial charge on any atom is -0.356 e. The molecular formula is C23H45N9O2S. The molecule has 0 atom stereocenters. The Morgan fingerprint density at radius 1 is 0.829 bits per heavy atom. The van der Waals surface area contributed by atoms with Gasteiger partial charge in [0.2, 0.25) is 11.8 Å². The summed E-state index contributed by atoms with van der Waals surface area (Å²) in [6.45, 7) is 12.1. The van der Waals surface area contributed by atoms with Crippen LogP contribution in [0.5, 0.6) is 0 Å². The highest BCUT2D eigenvalue weighted by Crippen LogP contribution is 2.13. The van der Waals surface area contributed by atoms with E-state index in [0.717, 1.165) is 52.2 Å². The molecule has 2 fully saturated rings. The number of carbonyl (C=O) groups is 2. The Bertz CT molecular complexity index is 672. The van der Waals surface area contributed by atoms with Crippen molar-refractivity contribution in [2.24, 2.45) is 10.4 Å². The molecule has 12 heteroatoms. The van der Waals surface area contributed by atoms with Crippen molar-refractivity contribution in [2.75, 3.05) is 85.2 Å². The summed E-state index contributed by atoms with van der Waals surface area (Å²) in [6, 6.07) is 0. The van der Waals surface area contributed by atoms with Crippen molar-refractivity contribution in [2.45, 2.75) is 38.1 Å². The summed E-state index contributed by atoms with van der Waals surface area (Å²) in [5, 5.41) is 29.7. The summed E-state index contributed by atoms with van der Waals surface area (Å²) in [5.41, 5.74) is -0.367. The summed E-state index contributed by atoms with van der Waals surface area (Å²) < 4.78 is 0. The number of amides is 2. The average Bonchev–Trinajstić information content (AvgIpc) is 2.85. The first-order valence-electron chi connectivity index (χ1n) is 12.8. The average molecular weight is 512 g/mol. The Kier molecular flexibility index (Phi) is 14.5. The van der Waals surface area contributed by atoms with Gasteiger partial charge in [0.15, 0.2) is 0 Å². The molecule has 2 aliphatic heterocycles. The van der Waals surface area contributed by atoms with Gasteiger partial charge in [-0.25, -0.2) is 4.99 Å².